The van der Waals surface area contributed by atoms with Gasteiger partial charge in [0.2, 0.25) is 5.91 Å². The third-order valence-corrected chi connectivity index (χ3v) is 4.90. The third kappa shape index (κ3) is 3.46. The van der Waals surface area contributed by atoms with Crippen LogP contribution in [0, 0.1) is 0 Å². The van der Waals surface area contributed by atoms with Crippen LogP contribution in [0.1, 0.15) is 44.1 Å². The number of nitrogens with zero attached hydrogens (tertiary/aromatic N) is 1. The Balaban J connectivity index is 1.42. The zero-order chi connectivity index (χ0) is 14.5. The van der Waals surface area contributed by atoms with E-state index in [9.17, 15) is 4.79 Å². The van der Waals surface area contributed by atoms with Crippen LogP contribution in [-0.2, 0) is 10.2 Å². The number of hydrogen-bond donors (Lipinski definition) is 1. The van der Waals surface area contributed by atoms with Crippen molar-refractivity contribution < 1.29 is 4.79 Å². The van der Waals surface area contributed by atoms with Gasteiger partial charge in [-0.1, -0.05) is 36.8 Å². The summed E-state index contributed by atoms with van der Waals surface area (Å²) in [5.41, 5.74) is 0.963. The average Bonchev–Trinajstić information content (AvgIpc) is 3.35. The highest BCUT2D eigenvalue weighted by molar-refractivity contribution is 5.91. The maximum absolute atomic E-state index is 12.5. The summed E-state index contributed by atoms with van der Waals surface area (Å²) in [6, 6.07) is 10.2. The Hall–Kier alpha value is -1.35. The molecule has 3 heteroatoms. The molecule has 0 spiro atoms. The molecule has 0 unspecified atom stereocenters. The molecule has 1 amide bonds. The second kappa shape index (κ2) is 6.61. The van der Waals surface area contributed by atoms with Crippen molar-refractivity contribution >= 4 is 5.91 Å². The second-order valence-electron chi connectivity index (χ2n) is 6.46. The van der Waals surface area contributed by atoms with Crippen LogP contribution in [0.3, 0.4) is 0 Å². The molecule has 0 atom stereocenters. The first kappa shape index (κ1) is 14.6. The SMILES string of the molecule is O=C(NCCCN1CCCCC1)C1(c2ccccc2)CC1. The van der Waals surface area contributed by atoms with Crippen LogP contribution in [0.5, 0.6) is 0 Å². The lowest BCUT2D eigenvalue weighted by Gasteiger charge is -2.26. The molecule has 0 bridgehead atoms. The molecule has 1 heterocycles. The van der Waals surface area contributed by atoms with Gasteiger partial charge in [0.1, 0.15) is 0 Å². The topological polar surface area (TPSA) is 32.3 Å². The summed E-state index contributed by atoms with van der Waals surface area (Å²) in [7, 11) is 0. The molecule has 3 rings (SSSR count). The van der Waals surface area contributed by atoms with Crippen molar-refractivity contribution in [1.29, 1.82) is 0 Å². The van der Waals surface area contributed by atoms with E-state index in [2.05, 4.69) is 22.3 Å². The summed E-state index contributed by atoms with van der Waals surface area (Å²) < 4.78 is 0. The first-order valence-electron chi connectivity index (χ1n) is 8.37. The van der Waals surface area contributed by atoms with Gasteiger partial charge in [-0.3, -0.25) is 4.79 Å². The predicted molar refractivity (Wildman–Crippen MR) is 85.3 cm³/mol. The number of likely N-dealkylation sites (tertiary alicyclic amines) is 1. The molecule has 1 aromatic carbocycles. The summed E-state index contributed by atoms with van der Waals surface area (Å²) in [5.74, 6) is 0.229. The summed E-state index contributed by atoms with van der Waals surface area (Å²) in [4.78, 5) is 15.0. The van der Waals surface area contributed by atoms with E-state index in [0.717, 1.165) is 32.4 Å². The molecule has 114 valence electrons. The summed E-state index contributed by atoms with van der Waals surface area (Å²) in [6.07, 6.45) is 7.11. The maximum atomic E-state index is 12.5. The van der Waals surface area contributed by atoms with Crippen LogP contribution >= 0.6 is 0 Å². The molecule has 0 aromatic heterocycles. The number of carbonyl (C=O) groups excluding carboxylic acids is 1. The highest BCUT2D eigenvalue weighted by Gasteiger charge is 2.50. The van der Waals surface area contributed by atoms with Crippen molar-refractivity contribution in [2.75, 3.05) is 26.2 Å². The van der Waals surface area contributed by atoms with E-state index in [1.54, 1.807) is 0 Å². The van der Waals surface area contributed by atoms with E-state index in [0.29, 0.717) is 0 Å². The van der Waals surface area contributed by atoms with Crippen molar-refractivity contribution in [3.8, 4) is 0 Å². The van der Waals surface area contributed by atoms with E-state index in [-0.39, 0.29) is 11.3 Å². The Morgan fingerprint density at radius 3 is 2.48 bits per heavy atom. The van der Waals surface area contributed by atoms with Gasteiger partial charge in [-0.15, -0.1) is 0 Å². The van der Waals surface area contributed by atoms with Gasteiger partial charge in [0.15, 0.2) is 0 Å². The van der Waals surface area contributed by atoms with E-state index in [1.165, 1.54) is 37.9 Å². The standard InChI is InChI=1S/C18H26N2O/c21-17(18(10-11-18)16-8-3-1-4-9-16)19-12-7-15-20-13-5-2-6-14-20/h1,3-4,8-9H,2,5-7,10-15H2,(H,19,21). The molecule has 1 saturated carbocycles. The number of hydrogen-bond acceptors (Lipinski definition) is 2. The van der Waals surface area contributed by atoms with Crippen LogP contribution in [0.2, 0.25) is 0 Å². The zero-order valence-corrected chi connectivity index (χ0v) is 12.8. The second-order valence-corrected chi connectivity index (χ2v) is 6.46. The van der Waals surface area contributed by atoms with Gasteiger partial charge < -0.3 is 10.2 Å². The lowest BCUT2D eigenvalue weighted by atomic mass is 9.95. The molecule has 3 nitrogen and oxygen atoms in total. The van der Waals surface area contributed by atoms with Gasteiger partial charge in [-0.2, -0.15) is 0 Å². The Morgan fingerprint density at radius 1 is 1.10 bits per heavy atom. The van der Waals surface area contributed by atoms with E-state index < -0.39 is 0 Å². The largest absolute Gasteiger partial charge is 0.355 e. The molecular formula is C18H26N2O. The lowest BCUT2D eigenvalue weighted by molar-refractivity contribution is -0.123. The van der Waals surface area contributed by atoms with Crippen LogP contribution in [0.4, 0.5) is 0 Å². The van der Waals surface area contributed by atoms with Gasteiger partial charge in [-0.25, -0.2) is 0 Å². The number of nitrogens with one attached hydrogen (secondary N) is 1. The Bertz CT molecular complexity index is 461. The number of piperidine rings is 1. The van der Waals surface area contributed by atoms with Crippen molar-refractivity contribution in [2.24, 2.45) is 0 Å². The van der Waals surface area contributed by atoms with Crippen LogP contribution in [-0.4, -0.2) is 37.0 Å². The molecule has 1 aliphatic carbocycles. The van der Waals surface area contributed by atoms with E-state index in [1.807, 2.05) is 18.2 Å². The summed E-state index contributed by atoms with van der Waals surface area (Å²) >= 11 is 0. The van der Waals surface area contributed by atoms with E-state index in [4.69, 9.17) is 0 Å². The maximum Gasteiger partial charge on any atom is 0.230 e. The van der Waals surface area contributed by atoms with Crippen molar-refractivity contribution in [3.63, 3.8) is 0 Å². The van der Waals surface area contributed by atoms with Gasteiger partial charge >= 0.3 is 0 Å². The fourth-order valence-electron chi connectivity index (χ4n) is 3.39. The van der Waals surface area contributed by atoms with Crippen LogP contribution in [0.15, 0.2) is 30.3 Å². The monoisotopic (exact) mass is 286 g/mol. The molecule has 2 aliphatic rings. The van der Waals surface area contributed by atoms with Gasteiger partial charge in [-0.05, 0) is 57.3 Å². The van der Waals surface area contributed by atoms with Crippen molar-refractivity contribution in [3.05, 3.63) is 35.9 Å². The molecule has 21 heavy (non-hydrogen) atoms. The van der Waals surface area contributed by atoms with Gasteiger partial charge in [0.25, 0.3) is 0 Å². The molecule has 1 saturated heterocycles. The highest BCUT2D eigenvalue weighted by atomic mass is 16.2. The third-order valence-electron chi connectivity index (χ3n) is 4.90. The molecule has 2 fully saturated rings. The normalized spacial score (nSPS) is 21.0. The average molecular weight is 286 g/mol. The molecule has 1 aliphatic heterocycles. The molecule has 1 aromatic rings. The number of benzene rings is 1. The Kier molecular flexibility index (Phi) is 4.59. The van der Waals surface area contributed by atoms with Gasteiger partial charge in [0.05, 0.1) is 5.41 Å². The summed E-state index contributed by atoms with van der Waals surface area (Å²) in [6.45, 7) is 4.41. The fourth-order valence-corrected chi connectivity index (χ4v) is 3.39. The van der Waals surface area contributed by atoms with Crippen molar-refractivity contribution in [1.82, 2.24) is 10.2 Å². The Labute approximate surface area is 127 Å². The highest BCUT2D eigenvalue weighted by Crippen LogP contribution is 2.48. The van der Waals surface area contributed by atoms with Gasteiger partial charge in [0, 0.05) is 6.54 Å². The number of amides is 1. The van der Waals surface area contributed by atoms with E-state index >= 15 is 0 Å². The van der Waals surface area contributed by atoms with Crippen molar-refractivity contribution in [2.45, 2.75) is 43.9 Å². The fraction of sp³-hybridized carbons (Fsp3) is 0.611. The number of carbonyl (C=O) groups is 1. The minimum Gasteiger partial charge on any atom is -0.355 e. The number of rotatable bonds is 6. The van der Waals surface area contributed by atoms with Crippen LogP contribution in [0.25, 0.3) is 0 Å². The Morgan fingerprint density at radius 2 is 1.81 bits per heavy atom. The molecule has 1 N–H and O–H groups in total. The molecule has 0 radical (unpaired) electrons. The lowest BCUT2D eigenvalue weighted by Crippen LogP contribution is -2.37. The molecular weight excluding hydrogens is 260 g/mol. The predicted octanol–water partition coefficient (Wildman–Crippen LogP) is 2.71. The first-order chi connectivity index (χ1) is 10.3. The van der Waals surface area contributed by atoms with Crippen LogP contribution < -0.4 is 5.32 Å². The first-order valence-corrected chi connectivity index (χ1v) is 8.37. The quantitative estimate of drug-likeness (QED) is 0.816. The minimum absolute atomic E-state index is 0.216. The summed E-state index contributed by atoms with van der Waals surface area (Å²) in [5, 5.41) is 3.16. The zero-order valence-electron chi connectivity index (χ0n) is 12.8. The minimum atomic E-state index is -0.216. The smallest absolute Gasteiger partial charge is 0.230 e.